The van der Waals surface area contributed by atoms with E-state index in [-0.39, 0.29) is 10.8 Å². The molecule has 4 nitrogen and oxygen atoms in total. The van der Waals surface area contributed by atoms with Gasteiger partial charge in [0.2, 0.25) is 0 Å². The maximum Gasteiger partial charge on any atom is 0.0695 e. The summed E-state index contributed by atoms with van der Waals surface area (Å²) in [6.45, 7) is 36.2. The van der Waals surface area contributed by atoms with E-state index in [9.17, 15) is 0 Å². The van der Waals surface area contributed by atoms with Crippen molar-refractivity contribution >= 4 is 47.6 Å². The SMILES string of the molecule is CC(C)c1cccc(C(C)C)c1N=CC1(C=Nc2c(C(C)C)cccc2C(C)C)CCCC1.CC(C)c1cccc(C(C)C)c1N=CC1(C=Nc2c(C(C)C)cccc2C(C)C)CCCC1. The molecule has 0 heterocycles. The first kappa shape index (κ1) is 52.5. The first-order chi connectivity index (χ1) is 31.3. The van der Waals surface area contributed by atoms with Crippen LogP contribution in [0.15, 0.2) is 92.8 Å². The number of rotatable bonds is 16. The first-order valence-electron chi connectivity index (χ1n) is 26.0. The second-order valence-electron chi connectivity index (χ2n) is 22.3. The molecule has 0 aliphatic heterocycles. The molecule has 0 spiro atoms. The van der Waals surface area contributed by atoms with Gasteiger partial charge in [-0.15, -0.1) is 0 Å². The molecule has 0 N–H and O–H groups in total. The van der Waals surface area contributed by atoms with Crippen molar-refractivity contribution in [2.45, 2.75) is 209 Å². The van der Waals surface area contributed by atoms with Crippen molar-refractivity contribution in [1.29, 1.82) is 0 Å². The molecule has 4 aromatic rings. The summed E-state index contributed by atoms with van der Waals surface area (Å²) in [6, 6.07) is 26.7. The molecule has 66 heavy (non-hydrogen) atoms. The highest BCUT2D eigenvalue weighted by Gasteiger charge is 2.33. The van der Waals surface area contributed by atoms with E-state index in [1.807, 2.05) is 0 Å². The summed E-state index contributed by atoms with van der Waals surface area (Å²) in [5.74, 6) is 3.63. The molecule has 0 aromatic heterocycles. The van der Waals surface area contributed by atoms with E-state index in [4.69, 9.17) is 20.0 Å². The molecule has 0 saturated heterocycles. The van der Waals surface area contributed by atoms with Gasteiger partial charge in [0.05, 0.1) is 22.7 Å². The van der Waals surface area contributed by atoms with Crippen LogP contribution in [0.25, 0.3) is 0 Å². The minimum Gasteiger partial charge on any atom is -0.260 e. The zero-order valence-electron chi connectivity index (χ0n) is 44.3. The van der Waals surface area contributed by atoms with Gasteiger partial charge in [-0.25, -0.2) is 0 Å². The Morgan fingerprint density at radius 3 is 0.576 bits per heavy atom. The smallest absolute Gasteiger partial charge is 0.0695 e. The van der Waals surface area contributed by atoms with Crippen molar-refractivity contribution < 1.29 is 0 Å². The lowest BCUT2D eigenvalue weighted by Gasteiger charge is -2.22. The van der Waals surface area contributed by atoms with Crippen LogP contribution in [0.2, 0.25) is 0 Å². The Balaban J connectivity index is 0.000000247. The topological polar surface area (TPSA) is 49.4 Å². The third-order valence-electron chi connectivity index (χ3n) is 14.2. The summed E-state index contributed by atoms with van der Waals surface area (Å²) < 4.78 is 0. The van der Waals surface area contributed by atoms with E-state index in [0.717, 1.165) is 25.7 Å². The Morgan fingerprint density at radius 1 is 0.288 bits per heavy atom. The maximum atomic E-state index is 5.21. The minimum absolute atomic E-state index is 0.0588. The molecule has 0 atom stereocenters. The van der Waals surface area contributed by atoms with Crippen molar-refractivity contribution in [2.24, 2.45) is 30.8 Å². The minimum atomic E-state index is -0.0588. The second-order valence-corrected chi connectivity index (χ2v) is 22.3. The summed E-state index contributed by atoms with van der Waals surface area (Å²) in [5.41, 5.74) is 15.3. The van der Waals surface area contributed by atoms with Crippen LogP contribution >= 0.6 is 0 Å². The van der Waals surface area contributed by atoms with Crippen LogP contribution in [0, 0.1) is 10.8 Å². The average molecular weight is 889 g/mol. The van der Waals surface area contributed by atoms with E-state index in [1.54, 1.807) is 0 Å². The molecule has 0 bridgehead atoms. The molecule has 2 aliphatic rings. The van der Waals surface area contributed by atoms with E-state index < -0.39 is 0 Å². The summed E-state index contributed by atoms with van der Waals surface area (Å²) >= 11 is 0. The van der Waals surface area contributed by atoms with E-state index in [0.29, 0.717) is 47.3 Å². The summed E-state index contributed by atoms with van der Waals surface area (Å²) in [5, 5.41) is 0. The lowest BCUT2D eigenvalue weighted by atomic mass is 9.88. The number of nitrogens with zero attached hydrogens (tertiary/aromatic N) is 4. The normalized spacial score (nSPS) is 16.5. The van der Waals surface area contributed by atoms with Crippen LogP contribution < -0.4 is 0 Å². The van der Waals surface area contributed by atoms with Crippen LogP contribution in [-0.4, -0.2) is 24.9 Å². The van der Waals surface area contributed by atoms with Crippen LogP contribution in [-0.2, 0) is 0 Å². The van der Waals surface area contributed by atoms with Gasteiger partial charge in [-0.2, -0.15) is 0 Å². The zero-order valence-corrected chi connectivity index (χ0v) is 44.3. The van der Waals surface area contributed by atoms with Gasteiger partial charge in [0, 0.05) is 35.7 Å². The highest BCUT2D eigenvalue weighted by atomic mass is 14.8. The fourth-order valence-electron chi connectivity index (χ4n) is 10.1. The van der Waals surface area contributed by atoms with Crippen LogP contribution in [0.5, 0.6) is 0 Å². The number of aliphatic imine (C=N–C) groups is 4. The van der Waals surface area contributed by atoms with E-state index in [1.165, 1.54) is 92.9 Å². The summed E-state index contributed by atoms with van der Waals surface area (Å²) in [6.07, 6.45) is 18.4. The van der Waals surface area contributed by atoms with Gasteiger partial charge < -0.3 is 0 Å². The predicted octanol–water partition coefficient (Wildman–Crippen LogP) is 19.7. The van der Waals surface area contributed by atoms with Crippen molar-refractivity contribution in [3.05, 3.63) is 117 Å². The van der Waals surface area contributed by atoms with Crippen LogP contribution in [0.3, 0.4) is 0 Å². The van der Waals surface area contributed by atoms with E-state index in [2.05, 4.69) is 208 Å². The quantitative estimate of drug-likeness (QED) is 0.101. The van der Waals surface area contributed by atoms with Gasteiger partial charge >= 0.3 is 0 Å². The number of hydrogen-bond donors (Lipinski definition) is 0. The molecule has 2 fully saturated rings. The van der Waals surface area contributed by atoms with Crippen molar-refractivity contribution in [1.82, 2.24) is 0 Å². The molecule has 4 aromatic carbocycles. The Morgan fingerprint density at radius 2 is 0.439 bits per heavy atom. The molecule has 6 rings (SSSR count). The van der Waals surface area contributed by atoms with Gasteiger partial charge in [0.25, 0.3) is 0 Å². The Labute approximate surface area is 403 Å². The van der Waals surface area contributed by atoms with Gasteiger partial charge in [-0.1, -0.05) is 209 Å². The fraction of sp³-hybridized carbons (Fsp3) is 0.548. The Bertz CT molecular complexity index is 1880. The lowest BCUT2D eigenvalue weighted by molar-refractivity contribution is 0.628. The maximum absolute atomic E-state index is 5.21. The van der Waals surface area contributed by atoms with Crippen molar-refractivity contribution in [2.75, 3.05) is 0 Å². The van der Waals surface area contributed by atoms with Gasteiger partial charge in [0.15, 0.2) is 0 Å². The Kier molecular flexibility index (Phi) is 18.7. The second kappa shape index (κ2) is 23.5. The third kappa shape index (κ3) is 13.0. The molecule has 4 heteroatoms. The average Bonchev–Trinajstić information content (AvgIpc) is 3.96. The van der Waals surface area contributed by atoms with Crippen LogP contribution in [0.4, 0.5) is 22.7 Å². The number of benzene rings is 4. The van der Waals surface area contributed by atoms with Gasteiger partial charge in [-0.3, -0.25) is 20.0 Å². The molecular weight excluding hydrogens is 801 g/mol. The van der Waals surface area contributed by atoms with Gasteiger partial charge in [-0.05, 0) is 118 Å². The zero-order chi connectivity index (χ0) is 48.3. The largest absolute Gasteiger partial charge is 0.260 e. The number of para-hydroxylation sites is 4. The summed E-state index contributed by atoms with van der Waals surface area (Å²) in [7, 11) is 0. The highest BCUT2D eigenvalue weighted by molar-refractivity contribution is 5.93. The van der Waals surface area contributed by atoms with E-state index >= 15 is 0 Å². The van der Waals surface area contributed by atoms with Crippen molar-refractivity contribution in [3.63, 3.8) is 0 Å². The molecule has 2 aliphatic carbocycles. The van der Waals surface area contributed by atoms with Crippen LogP contribution in [0.1, 0.15) is 254 Å². The fourth-order valence-corrected chi connectivity index (χ4v) is 10.1. The molecule has 2 saturated carbocycles. The number of hydrogen-bond acceptors (Lipinski definition) is 4. The highest BCUT2D eigenvalue weighted by Crippen LogP contribution is 2.43. The monoisotopic (exact) mass is 889 g/mol. The Hall–Kier alpha value is -4.44. The predicted molar refractivity (Wildman–Crippen MR) is 293 cm³/mol. The molecule has 356 valence electrons. The van der Waals surface area contributed by atoms with Crippen molar-refractivity contribution in [3.8, 4) is 0 Å². The molecule has 0 unspecified atom stereocenters. The van der Waals surface area contributed by atoms with Gasteiger partial charge in [0.1, 0.15) is 0 Å². The molecular formula is C62H88N4. The standard InChI is InChI=1S/2C31H44N2/c2*1-21(2)25-13-11-14-26(22(3)4)29(25)32-19-31(17-9-10-18-31)20-33-30-27(23(5)6)15-12-16-28(30)24(7)8/h2*11-16,19-24H,9-10,17-18H2,1-8H3. The lowest BCUT2D eigenvalue weighted by Crippen LogP contribution is -2.20. The summed E-state index contributed by atoms with van der Waals surface area (Å²) in [4.78, 5) is 20.9. The first-order valence-corrected chi connectivity index (χ1v) is 26.0. The molecule has 0 amide bonds. The molecule has 0 radical (unpaired) electrons. The third-order valence-corrected chi connectivity index (χ3v) is 14.2.